The van der Waals surface area contributed by atoms with E-state index in [1.165, 1.54) is 14.0 Å². The Balaban J connectivity index is 0.970. The summed E-state index contributed by atoms with van der Waals surface area (Å²) in [5.41, 5.74) is -2.75. The van der Waals surface area contributed by atoms with E-state index in [2.05, 4.69) is 13.8 Å². The van der Waals surface area contributed by atoms with Gasteiger partial charge in [0.25, 0.3) is 0 Å². The van der Waals surface area contributed by atoms with Gasteiger partial charge in [0.05, 0.1) is 24.4 Å². The molecule has 20 atom stereocenters. The van der Waals surface area contributed by atoms with Crippen molar-refractivity contribution < 1.29 is 62.7 Å². The standard InChI is InChI=1S/C37H58O13/c1-17-25(39)28(43-8)26(40)32(45-17)48-27-18(2)44-24(16-22(27)42-7)47-21-10-12-33(4)20(15-21)9-13-36-30(33)29-31(46-19(3)38)34(5)23(11-14-37(34,36)41)35(6,49-29)50-36/h17-18,20-32,39-41H,9-16H2,1-8H3/t17-,18-,20+,21+,22-,23-,24+,25-,26-,27-,28-,29+,30-,31-,32+,33+,34+,35-,36+,37-/m1/s1. The predicted octanol–water partition coefficient (Wildman–Crippen LogP) is 2.58. The van der Waals surface area contributed by atoms with Crippen LogP contribution in [-0.2, 0) is 47.4 Å². The van der Waals surface area contributed by atoms with Crippen molar-refractivity contribution >= 4 is 5.97 Å². The van der Waals surface area contributed by atoms with Crippen molar-refractivity contribution in [3.8, 4) is 0 Å². The fourth-order valence-corrected chi connectivity index (χ4v) is 13.0. The molecule has 9 aliphatic rings. The van der Waals surface area contributed by atoms with Crippen LogP contribution in [-0.4, -0.2) is 126 Å². The molecule has 284 valence electrons. The second-order valence-corrected chi connectivity index (χ2v) is 17.4. The molecule has 0 aromatic rings. The Bertz CT molecular complexity index is 1330. The van der Waals surface area contributed by atoms with E-state index in [0.717, 1.165) is 38.5 Å². The second-order valence-electron chi connectivity index (χ2n) is 17.4. The number of aliphatic hydroxyl groups excluding tert-OH is 2. The number of aliphatic hydroxyl groups is 3. The smallest absolute Gasteiger partial charge is 0.303 e. The van der Waals surface area contributed by atoms with E-state index < -0.39 is 77.7 Å². The average Bonchev–Trinajstić information content (AvgIpc) is 3.32. The molecule has 0 aromatic heterocycles. The zero-order valence-electron chi connectivity index (χ0n) is 30.7. The molecule has 1 spiro atoms. The minimum absolute atomic E-state index is 0.0421. The molecule has 9 fully saturated rings. The average molecular weight is 711 g/mol. The summed E-state index contributed by atoms with van der Waals surface area (Å²) in [5, 5.41) is 34.1. The number of methoxy groups -OCH3 is 2. The third kappa shape index (κ3) is 4.67. The Morgan fingerprint density at radius 3 is 2.32 bits per heavy atom. The molecule has 4 aliphatic carbocycles. The van der Waals surface area contributed by atoms with E-state index in [1.807, 2.05) is 13.8 Å². The van der Waals surface area contributed by atoms with Gasteiger partial charge in [-0.3, -0.25) is 4.79 Å². The third-order valence-electron chi connectivity index (χ3n) is 15.2. The maximum atomic E-state index is 12.8. The predicted molar refractivity (Wildman–Crippen MR) is 173 cm³/mol. The van der Waals surface area contributed by atoms with Crippen LogP contribution in [0.4, 0.5) is 0 Å². The number of carbonyl (C=O) groups is 1. The number of esters is 1. The Hall–Kier alpha value is -0.970. The molecule has 6 bridgehead atoms. The van der Waals surface area contributed by atoms with Crippen LogP contribution in [0.3, 0.4) is 0 Å². The van der Waals surface area contributed by atoms with Gasteiger partial charge in [0.2, 0.25) is 0 Å². The summed E-state index contributed by atoms with van der Waals surface area (Å²) < 4.78 is 56.5. The monoisotopic (exact) mass is 710 g/mol. The molecule has 0 amide bonds. The van der Waals surface area contributed by atoms with Crippen LogP contribution in [0.1, 0.15) is 92.9 Å². The van der Waals surface area contributed by atoms with E-state index in [4.69, 9.17) is 42.6 Å². The van der Waals surface area contributed by atoms with Gasteiger partial charge >= 0.3 is 5.97 Å². The van der Waals surface area contributed by atoms with Crippen molar-refractivity contribution in [2.24, 2.45) is 28.6 Å². The van der Waals surface area contributed by atoms with Crippen LogP contribution in [0.15, 0.2) is 0 Å². The highest BCUT2D eigenvalue weighted by molar-refractivity contribution is 5.66. The lowest BCUT2D eigenvalue weighted by molar-refractivity contribution is -0.521. The van der Waals surface area contributed by atoms with Gasteiger partial charge in [-0.05, 0) is 77.0 Å². The van der Waals surface area contributed by atoms with E-state index in [0.29, 0.717) is 12.8 Å². The highest BCUT2D eigenvalue weighted by Gasteiger charge is 2.89. The van der Waals surface area contributed by atoms with Gasteiger partial charge in [0.15, 0.2) is 18.4 Å². The number of ether oxygens (including phenoxy) is 9. The van der Waals surface area contributed by atoms with E-state index >= 15 is 0 Å². The van der Waals surface area contributed by atoms with Crippen LogP contribution in [0.25, 0.3) is 0 Å². The molecule has 5 aliphatic heterocycles. The fourth-order valence-electron chi connectivity index (χ4n) is 13.0. The minimum Gasteiger partial charge on any atom is -0.459 e. The number of hydrogen-bond acceptors (Lipinski definition) is 13. The van der Waals surface area contributed by atoms with Crippen molar-refractivity contribution in [2.45, 2.75) is 184 Å². The number of hydrogen-bond donors (Lipinski definition) is 3. The highest BCUT2D eigenvalue weighted by atomic mass is 16.8. The Morgan fingerprint density at radius 1 is 0.860 bits per heavy atom. The summed E-state index contributed by atoms with van der Waals surface area (Å²) in [6, 6.07) is 0. The molecule has 0 radical (unpaired) electrons. The van der Waals surface area contributed by atoms with Gasteiger partial charge in [-0.25, -0.2) is 0 Å². The lowest BCUT2D eigenvalue weighted by atomic mass is 9.37. The minimum atomic E-state index is -1.19. The van der Waals surface area contributed by atoms with Crippen LogP contribution < -0.4 is 0 Å². The molecule has 4 saturated carbocycles. The zero-order chi connectivity index (χ0) is 35.8. The zero-order valence-corrected chi connectivity index (χ0v) is 30.7. The first-order valence-corrected chi connectivity index (χ1v) is 18.9. The van der Waals surface area contributed by atoms with Crippen molar-refractivity contribution in [1.29, 1.82) is 0 Å². The number of carbonyl (C=O) groups excluding carboxylic acids is 1. The molecule has 13 nitrogen and oxygen atoms in total. The van der Waals surface area contributed by atoms with Crippen molar-refractivity contribution in [2.75, 3.05) is 14.2 Å². The van der Waals surface area contributed by atoms with E-state index in [-0.39, 0.29) is 47.4 Å². The lowest BCUT2D eigenvalue weighted by Crippen LogP contribution is -2.90. The van der Waals surface area contributed by atoms with Gasteiger partial charge in [-0.1, -0.05) is 13.8 Å². The highest BCUT2D eigenvalue weighted by Crippen LogP contribution is 2.80. The van der Waals surface area contributed by atoms with Crippen LogP contribution in [0.5, 0.6) is 0 Å². The summed E-state index contributed by atoms with van der Waals surface area (Å²) in [4.78, 5) is 12.5. The molecule has 9 rings (SSSR count). The maximum Gasteiger partial charge on any atom is 0.303 e. The van der Waals surface area contributed by atoms with E-state index in [9.17, 15) is 20.1 Å². The molecule has 0 aromatic carbocycles. The van der Waals surface area contributed by atoms with Gasteiger partial charge in [0.1, 0.15) is 47.8 Å². The summed E-state index contributed by atoms with van der Waals surface area (Å²) >= 11 is 0. The van der Waals surface area contributed by atoms with Crippen molar-refractivity contribution in [3.63, 3.8) is 0 Å². The second kappa shape index (κ2) is 12.0. The summed E-state index contributed by atoms with van der Waals surface area (Å²) in [6.07, 6.45) is -1.52. The largest absolute Gasteiger partial charge is 0.459 e. The van der Waals surface area contributed by atoms with Crippen molar-refractivity contribution in [3.05, 3.63) is 0 Å². The molecule has 13 heteroatoms. The third-order valence-corrected chi connectivity index (χ3v) is 15.2. The van der Waals surface area contributed by atoms with Crippen molar-refractivity contribution in [1.82, 2.24) is 0 Å². The summed E-state index contributed by atoms with van der Waals surface area (Å²) in [6.45, 7) is 11.6. The normalized spacial score (nSPS) is 59.5. The van der Waals surface area contributed by atoms with Gasteiger partial charge in [0, 0.05) is 44.8 Å². The van der Waals surface area contributed by atoms with Crippen LogP contribution in [0, 0.1) is 28.6 Å². The Morgan fingerprint density at radius 2 is 1.62 bits per heavy atom. The Kier molecular flexibility index (Phi) is 8.66. The Labute approximate surface area is 294 Å². The molecule has 5 saturated heterocycles. The maximum absolute atomic E-state index is 12.8. The molecule has 50 heavy (non-hydrogen) atoms. The molecular formula is C37H58O13. The number of rotatable bonds is 7. The first-order valence-electron chi connectivity index (χ1n) is 18.9. The molecule has 5 heterocycles. The molecule has 0 unspecified atom stereocenters. The first-order chi connectivity index (χ1) is 23.6. The van der Waals surface area contributed by atoms with Gasteiger partial charge < -0.3 is 58.0 Å². The van der Waals surface area contributed by atoms with Gasteiger partial charge in [-0.15, -0.1) is 0 Å². The topological polar surface area (TPSA) is 161 Å². The quantitative estimate of drug-likeness (QED) is 0.262. The molecule has 3 N–H and O–H groups in total. The van der Waals surface area contributed by atoms with Gasteiger partial charge in [-0.2, -0.15) is 0 Å². The summed E-state index contributed by atoms with van der Waals surface area (Å²) in [7, 11) is 3.07. The van der Waals surface area contributed by atoms with Crippen LogP contribution >= 0.6 is 0 Å². The molecular weight excluding hydrogens is 652 g/mol. The van der Waals surface area contributed by atoms with E-state index in [1.54, 1.807) is 14.0 Å². The SMILES string of the molecule is CO[C@H]1[C@@H](O)[C@H](O[C@@H]2[C@@H](C)O[C@@H](O[C@H]3CC[C@@]4(C)[C@@H](CC[C@@]56O[C@@]7(C)O[C@H]([C@@H](OC(C)=O)[C@]8(C)[C@H]7CC[C@@]85O)[C@H]46)C3)C[C@H]2OC)O[C@H](C)[C@H]1O. The fraction of sp³-hybridized carbons (Fsp3) is 0.973. The first kappa shape index (κ1) is 36.0. The summed E-state index contributed by atoms with van der Waals surface area (Å²) in [5.74, 6) is -1.07. The lowest BCUT2D eigenvalue weighted by Gasteiger charge is -2.79. The van der Waals surface area contributed by atoms with Crippen LogP contribution in [0.2, 0.25) is 0 Å². The number of fused-ring (bicyclic) bond motifs is 1.